The number of benzene rings is 1. The second-order valence-electron chi connectivity index (χ2n) is 5.48. The number of methoxy groups -OCH3 is 1. The molecule has 0 fully saturated rings. The van der Waals surface area contributed by atoms with Crippen LogP contribution in [-0.4, -0.2) is 18.3 Å². The van der Waals surface area contributed by atoms with Crippen molar-refractivity contribution < 1.29 is 14.6 Å². The SMILES string of the molecule is COc1cc2c(cc1C(O)CC(C)C)OC(C)C2. The molecule has 0 aromatic heterocycles. The van der Waals surface area contributed by atoms with Gasteiger partial charge in [-0.05, 0) is 31.4 Å². The summed E-state index contributed by atoms with van der Waals surface area (Å²) in [4.78, 5) is 0. The molecule has 2 rings (SSSR count). The van der Waals surface area contributed by atoms with Crippen LogP contribution in [0.1, 0.15) is 44.4 Å². The van der Waals surface area contributed by atoms with E-state index < -0.39 is 6.10 Å². The first kappa shape index (κ1) is 13.2. The summed E-state index contributed by atoms with van der Waals surface area (Å²) in [7, 11) is 1.65. The fraction of sp³-hybridized carbons (Fsp3) is 0.600. The molecule has 1 aliphatic heterocycles. The first-order valence-electron chi connectivity index (χ1n) is 6.56. The zero-order chi connectivity index (χ0) is 13.3. The third-order valence-corrected chi connectivity index (χ3v) is 3.30. The number of aliphatic hydroxyl groups is 1. The van der Waals surface area contributed by atoms with Crippen molar-refractivity contribution in [3.05, 3.63) is 23.3 Å². The molecule has 1 aliphatic rings. The molecule has 0 spiro atoms. The molecule has 0 saturated heterocycles. The van der Waals surface area contributed by atoms with Crippen LogP contribution in [-0.2, 0) is 6.42 Å². The van der Waals surface area contributed by atoms with Crippen LogP contribution in [0.25, 0.3) is 0 Å². The van der Waals surface area contributed by atoms with Crippen molar-refractivity contribution in [2.75, 3.05) is 7.11 Å². The Morgan fingerprint density at radius 3 is 2.78 bits per heavy atom. The van der Waals surface area contributed by atoms with Crippen molar-refractivity contribution in [1.82, 2.24) is 0 Å². The van der Waals surface area contributed by atoms with Crippen molar-refractivity contribution in [3.8, 4) is 11.5 Å². The van der Waals surface area contributed by atoms with E-state index in [0.29, 0.717) is 5.92 Å². The van der Waals surface area contributed by atoms with Crippen molar-refractivity contribution in [3.63, 3.8) is 0 Å². The van der Waals surface area contributed by atoms with Gasteiger partial charge in [-0.1, -0.05) is 13.8 Å². The predicted octanol–water partition coefficient (Wildman–Crippen LogP) is 3.10. The molecule has 3 nitrogen and oxygen atoms in total. The number of ether oxygens (including phenoxy) is 2. The Hall–Kier alpha value is -1.22. The summed E-state index contributed by atoms with van der Waals surface area (Å²) < 4.78 is 11.1. The number of hydrogen-bond donors (Lipinski definition) is 1. The van der Waals surface area contributed by atoms with E-state index in [4.69, 9.17) is 9.47 Å². The minimum absolute atomic E-state index is 0.210. The molecule has 1 heterocycles. The van der Waals surface area contributed by atoms with E-state index in [1.807, 2.05) is 12.1 Å². The van der Waals surface area contributed by atoms with Crippen LogP contribution in [0.4, 0.5) is 0 Å². The molecular formula is C15H22O3. The van der Waals surface area contributed by atoms with E-state index in [2.05, 4.69) is 20.8 Å². The van der Waals surface area contributed by atoms with Crippen LogP contribution in [0.5, 0.6) is 11.5 Å². The third kappa shape index (κ3) is 2.61. The lowest BCUT2D eigenvalue weighted by Crippen LogP contribution is -2.05. The van der Waals surface area contributed by atoms with Crippen molar-refractivity contribution in [2.45, 2.75) is 45.8 Å². The van der Waals surface area contributed by atoms with Crippen LogP contribution in [0.3, 0.4) is 0 Å². The highest BCUT2D eigenvalue weighted by Gasteiger charge is 2.24. The lowest BCUT2D eigenvalue weighted by atomic mass is 9.97. The molecule has 0 aliphatic carbocycles. The quantitative estimate of drug-likeness (QED) is 0.892. The maximum atomic E-state index is 10.3. The molecule has 0 bridgehead atoms. The van der Waals surface area contributed by atoms with E-state index in [1.54, 1.807) is 7.11 Å². The molecule has 0 saturated carbocycles. The smallest absolute Gasteiger partial charge is 0.125 e. The normalized spacial score (nSPS) is 19.6. The highest BCUT2D eigenvalue weighted by Crippen LogP contribution is 2.38. The largest absolute Gasteiger partial charge is 0.496 e. The zero-order valence-electron chi connectivity index (χ0n) is 11.6. The third-order valence-electron chi connectivity index (χ3n) is 3.30. The average Bonchev–Trinajstić information content (AvgIpc) is 2.65. The van der Waals surface area contributed by atoms with Crippen LogP contribution in [0.2, 0.25) is 0 Å². The van der Waals surface area contributed by atoms with Crippen LogP contribution < -0.4 is 9.47 Å². The number of aliphatic hydroxyl groups excluding tert-OH is 1. The lowest BCUT2D eigenvalue weighted by molar-refractivity contribution is 0.147. The summed E-state index contributed by atoms with van der Waals surface area (Å²) in [6.45, 7) is 6.25. The van der Waals surface area contributed by atoms with Gasteiger partial charge in [-0.3, -0.25) is 0 Å². The monoisotopic (exact) mass is 250 g/mol. The van der Waals surface area contributed by atoms with E-state index in [0.717, 1.165) is 29.9 Å². The molecule has 2 unspecified atom stereocenters. The standard InChI is InChI=1S/C15H22O3/c1-9(2)5-13(16)12-8-14-11(6-10(3)18-14)7-15(12)17-4/h7-10,13,16H,5-6H2,1-4H3. The van der Waals surface area contributed by atoms with E-state index in [1.165, 1.54) is 5.56 Å². The van der Waals surface area contributed by atoms with Crippen molar-refractivity contribution in [2.24, 2.45) is 5.92 Å². The van der Waals surface area contributed by atoms with Gasteiger partial charge in [0.2, 0.25) is 0 Å². The second kappa shape index (κ2) is 5.19. The summed E-state index contributed by atoms with van der Waals surface area (Å²) in [5, 5.41) is 10.3. The molecule has 3 heteroatoms. The van der Waals surface area contributed by atoms with Gasteiger partial charge in [0.1, 0.15) is 17.6 Å². The average molecular weight is 250 g/mol. The minimum Gasteiger partial charge on any atom is -0.496 e. The Bertz CT molecular complexity index is 426. The number of rotatable bonds is 4. The summed E-state index contributed by atoms with van der Waals surface area (Å²) >= 11 is 0. The number of hydrogen-bond acceptors (Lipinski definition) is 3. The van der Waals surface area contributed by atoms with Gasteiger partial charge in [0.15, 0.2) is 0 Å². The van der Waals surface area contributed by atoms with Gasteiger partial charge in [0.05, 0.1) is 13.2 Å². The van der Waals surface area contributed by atoms with Gasteiger partial charge >= 0.3 is 0 Å². The fourth-order valence-corrected chi connectivity index (χ4v) is 2.47. The van der Waals surface area contributed by atoms with Gasteiger partial charge in [0, 0.05) is 17.5 Å². The summed E-state index contributed by atoms with van der Waals surface area (Å²) in [5.74, 6) is 2.10. The predicted molar refractivity (Wildman–Crippen MR) is 71.2 cm³/mol. The van der Waals surface area contributed by atoms with Gasteiger partial charge in [-0.25, -0.2) is 0 Å². The Morgan fingerprint density at radius 2 is 2.17 bits per heavy atom. The van der Waals surface area contributed by atoms with Gasteiger partial charge in [0.25, 0.3) is 0 Å². The van der Waals surface area contributed by atoms with E-state index >= 15 is 0 Å². The summed E-state index contributed by atoms with van der Waals surface area (Å²) in [5.41, 5.74) is 2.00. The summed E-state index contributed by atoms with van der Waals surface area (Å²) in [6, 6.07) is 3.93. The number of fused-ring (bicyclic) bond motifs is 1. The topological polar surface area (TPSA) is 38.7 Å². The minimum atomic E-state index is -0.496. The fourth-order valence-electron chi connectivity index (χ4n) is 2.47. The molecular weight excluding hydrogens is 228 g/mol. The van der Waals surface area contributed by atoms with Crippen LogP contribution in [0, 0.1) is 5.92 Å². The molecule has 1 aromatic carbocycles. The molecule has 1 N–H and O–H groups in total. The maximum absolute atomic E-state index is 10.3. The molecule has 0 amide bonds. The Morgan fingerprint density at radius 1 is 1.44 bits per heavy atom. The Balaban J connectivity index is 2.32. The maximum Gasteiger partial charge on any atom is 0.125 e. The Kier molecular flexibility index (Phi) is 3.81. The molecule has 0 radical (unpaired) electrons. The second-order valence-corrected chi connectivity index (χ2v) is 5.48. The van der Waals surface area contributed by atoms with Gasteiger partial charge < -0.3 is 14.6 Å². The first-order valence-corrected chi connectivity index (χ1v) is 6.56. The lowest BCUT2D eigenvalue weighted by Gasteiger charge is -2.17. The molecule has 2 atom stereocenters. The van der Waals surface area contributed by atoms with Crippen LogP contribution >= 0.6 is 0 Å². The molecule has 100 valence electrons. The van der Waals surface area contributed by atoms with E-state index in [9.17, 15) is 5.11 Å². The first-order chi connectivity index (χ1) is 8.51. The molecule has 1 aromatic rings. The van der Waals surface area contributed by atoms with E-state index in [-0.39, 0.29) is 6.10 Å². The van der Waals surface area contributed by atoms with Gasteiger partial charge in [-0.15, -0.1) is 0 Å². The van der Waals surface area contributed by atoms with Crippen LogP contribution in [0.15, 0.2) is 12.1 Å². The van der Waals surface area contributed by atoms with Crippen molar-refractivity contribution >= 4 is 0 Å². The Labute approximate surface area is 109 Å². The zero-order valence-corrected chi connectivity index (χ0v) is 11.6. The summed E-state index contributed by atoms with van der Waals surface area (Å²) in [6.07, 6.45) is 1.35. The van der Waals surface area contributed by atoms with Gasteiger partial charge in [-0.2, -0.15) is 0 Å². The van der Waals surface area contributed by atoms with Crippen molar-refractivity contribution in [1.29, 1.82) is 0 Å². The highest BCUT2D eigenvalue weighted by molar-refractivity contribution is 5.49. The highest BCUT2D eigenvalue weighted by atomic mass is 16.5. The molecule has 18 heavy (non-hydrogen) atoms.